The number of hydrogen-bond acceptors (Lipinski definition) is 3. The van der Waals surface area contributed by atoms with Crippen molar-refractivity contribution in [3.8, 4) is 11.5 Å². The van der Waals surface area contributed by atoms with Gasteiger partial charge in [0.2, 0.25) is 0 Å². The highest BCUT2D eigenvalue weighted by Crippen LogP contribution is 2.34. The average molecular weight is 238 g/mol. The van der Waals surface area contributed by atoms with E-state index in [-0.39, 0.29) is 6.61 Å². The van der Waals surface area contributed by atoms with Gasteiger partial charge in [0.15, 0.2) is 11.5 Å². The number of quaternary nitrogens is 1. The third kappa shape index (κ3) is 2.37. The van der Waals surface area contributed by atoms with Crippen LogP contribution in [0.3, 0.4) is 0 Å². The Morgan fingerprint density at radius 2 is 2.00 bits per heavy atom. The van der Waals surface area contributed by atoms with Gasteiger partial charge in [0, 0.05) is 25.0 Å². The largest absolute Gasteiger partial charge is 0.493 e. The molecule has 4 nitrogen and oxygen atoms in total. The van der Waals surface area contributed by atoms with Crippen molar-refractivity contribution in [2.45, 2.75) is 18.9 Å². The molecule has 0 amide bonds. The van der Waals surface area contributed by atoms with Gasteiger partial charge in [0.05, 0.1) is 20.8 Å². The van der Waals surface area contributed by atoms with Crippen molar-refractivity contribution >= 4 is 0 Å². The van der Waals surface area contributed by atoms with E-state index in [0.717, 1.165) is 30.9 Å². The lowest BCUT2D eigenvalue weighted by Gasteiger charge is -2.24. The summed E-state index contributed by atoms with van der Waals surface area (Å²) < 4.78 is 10.6. The highest BCUT2D eigenvalue weighted by atomic mass is 16.5. The Bertz CT molecular complexity index is 392. The normalized spacial score (nSPS) is 18.6. The van der Waals surface area contributed by atoms with Gasteiger partial charge in [0.25, 0.3) is 0 Å². The number of aliphatic hydroxyl groups excluding tert-OH is 1. The molecule has 0 saturated carbocycles. The van der Waals surface area contributed by atoms with E-state index in [4.69, 9.17) is 14.6 Å². The van der Waals surface area contributed by atoms with Crippen LogP contribution in [0.1, 0.15) is 23.6 Å². The summed E-state index contributed by atoms with van der Waals surface area (Å²) in [5.41, 5.74) is 2.58. The monoisotopic (exact) mass is 238 g/mol. The third-order valence-corrected chi connectivity index (χ3v) is 3.35. The van der Waals surface area contributed by atoms with Crippen LogP contribution in [0.2, 0.25) is 0 Å². The molecule has 4 heteroatoms. The topological polar surface area (TPSA) is 55.3 Å². The van der Waals surface area contributed by atoms with E-state index in [1.165, 1.54) is 11.1 Å². The van der Waals surface area contributed by atoms with E-state index in [1.54, 1.807) is 14.2 Å². The van der Waals surface area contributed by atoms with Crippen molar-refractivity contribution in [2.24, 2.45) is 0 Å². The minimum absolute atomic E-state index is 0.217. The van der Waals surface area contributed by atoms with Gasteiger partial charge in [-0.3, -0.25) is 0 Å². The fraction of sp³-hybridized carbons (Fsp3) is 0.538. The molecule has 0 spiro atoms. The second kappa shape index (κ2) is 5.38. The minimum atomic E-state index is 0.217. The van der Waals surface area contributed by atoms with Crippen LogP contribution in [0.4, 0.5) is 0 Å². The zero-order valence-corrected chi connectivity index (χ0v) is 10.4. The molecular formula is C13H20NO3+. The molecule has 0 fully saturated rings. The Balaban J connectivity index is 2.39. The summed E-state index contributed by atoms with van der Waals surface area (Å²) in [6.45, 7) is 1.28. The molecule has 1 aromatic rings. The van der Waals surface area contributed by atoms with Crippen LogP contribution in [0.15, 0.2) is 12.1 Å². The van der Waals surface area contributed by atoms with Crippen molar-refractivity contribution in [3.63, 3.8) is 0 Å². The zero-order chi connectivity index (χ0) is 12.3. The summed E-state index contributed by atoms with van der Waals surface area (Å²) in [6, 6.07) is 4.44. The van der Waals surface area contributed by atoms with Crippen molar-refractivity contribution in [3.05, 3.63) is 23.3 Å². The highest BCUT2D eigenvalue weighted by molar-refractivity contribution is 5.48. The lowest BCUT2D eigenvalue weighted by molar-refractivity contribution is -0.699. The number of ether oxygens (including phenoxy) is 2. The summed E-state index contributed by atoms with van der Waals surface area (Å²) in [7, 11) is 3.31. The molecular weight excluding hydrogens is 218 g/mol. The van der Waals surface area contributed by atoms with Crippen LogP contribution < -0.4 is 14.8 Å². The first-order valence-corrected chi connectivity index (χ1v) is 5.99. The lowest BCUT2D eigenvalue weighted by atomic mass is 9.92. The summed E-state index contributed by atoms with van der Waals surface area (Å²) in [4.78, 5) is 0. The molecule has 0 radical (unpaired) electrons. The number of methoxy groups -OCH3 is 2. The maximum absolute atomic E-state index is 9.10. The fourth-order valence-corrected chi connectivity index (χ4v) is 2.48. The van der Waals surface area contributed by atoms with E-state index in [2.05, 4.69) is 11.4 Å². The lowest BCUT2D eigenvalue weighted by Crippen LogP contribution is -2.87. The molecule has 1 aromatic carbocycles. The van der Waals surface area contributed by atoms with Gasteiger partial charge >= 0.3 is 0 Å². The maximum Gasteiger partial charge on any atom is 0.161 e. The van der Waals surface area contributed by atoms with Crippen molar-refractivity contribution in [1.29, 1.82) is 0 Å². The zero-order valence-electron chi connectivity index (χ0n) is 10.4. The van der Waals surface area contributed by atoms with E-state index >= 15 is 0 Å². The minimum Gasteiger partial charge on any atom is -0.493 e. The second-order valence-electron chi connectivity index (χ2n) is 4.30. The molecule has 0 aliphatic carbocycles. The van der Waals surface area contributed by atoms with Gasteiger partial charge in [-0.25, -0.2) is 0 Å². The van der Waals surface area contributed by atoms with Gasteiger partial charge in [0.1, 0.15) is 6.04 Å². The van der Waals surface area contributed by atoms with Crippen molar-refractivity contribution in [2.75, 3.05) is 27.4 Å². The Hall–Kier alpha value is -1.26. The Kier molecular flexibility index (Phi) is 3.86. The number of aliphatic hydroxyl groups is 1. The third-order valence-electron chi connectivity index (χ3n) is 3.35. The molecule has 0 saturated heterocycles. The smallest absolute Gasteiger partial charge is 0.161 e. The Morgan fingerprint density at radius 3 is 2.65 bits per heavy atom. The fourth-order valence-electron chi connectivity index (χ4n) is 2.48. The number of fused-ring (bicyclic) bond motifs is 1. The van der Waals surface area contributed by atoms with Gasteiger partial charge in [-0.1, -0.05) is 0 Å². The molecule has 1 aliphatic heterocycles. The van der Waals surface area contributed by atoms with Gasteiger partial charge < -0.3 is 19.9 Å². The first-order valence-electron chi connectivity index (χ1n) is 5.99. The number of rotatable bonds is 4. The van der Waals surface area contributed by atoms with E-state index in [1.807, 2.05) is 6.07 Å². The Morgan fingerprint density at radius 1 is 1.29 bits per heavy atom. The van der Waals surface area contributed by atoms with Crippen molar-refractivity contribution < 1.29 is 19.9 Å². The number of hydrogen-bond donors (Lipinski definition) is 2. The van der Waals surface area contributed by atoms with E-state index in [0.29, 0.717) is 6.04 Å². The first kappa shape index (κ1) is 12.2. The molecule has 0 unspecified atom stereocenters. The molecule has 2 rings (SSSR count). The van der Waals surface area contributed by atoms with Crippen LogP contribution in [0, 0.1) is 0 Å². The van der Waals surface area contributed by atoms with Gasteiger partial charge in [-0.05, 0) is 17.7 Å². The molecule has 94 valence electrons. The summed E-state index contributed by atoms with van der Waals surface area (Å²) in [6.07, 6.45) is 1.82. The van der Waals surface area contributed by atoms with Crippen LogP contribution in [-0.2, 0) is 6.42 Å². The van der Waals surface area contributed by atoms with E-state index in [9.17, 15) is 0 Å². The van der Waals surface area contributed by atoms with Gasteiger partial charge in [-0.2, -0.15) is 0 Å². The molecule has 1 heterocycles. The SMILES string of the molecule is COc1cc2c(cc1OC)[C@@H](CCO)[NH2+]CC2. The second-order valence-corrected chi connectivity index (χ2v) is 4.30. The van der Waals surface area contributed by atoms with E-state index < -0.39 is 0 Å². The quantitative estimate of drug-likeness (QED) is 0.790. The molecule has 3 N–H and O–H groups in total. The number of benzene rings is 1. The molecule has 0 aromatic heterocycles. The summed E-state index contributed by atoms with van der Waals surface area (Å²) in [5.74, 6) is 1.56. The summed E-state index contributed by atoms with van der Waals surface area (Å²) in [5, 5.41) is 11.4. The first-order chi connectivity index (χ1) is 8.30. The average Bonchev–Trinajstić information content (AvgIpc) is 2.38. The molecule has 1 atom stereocenters. The highest BCUT2D eigenvalue weighted by Gasteiger charge is 2.24. The Labute approximate surface area is 102 Å². The number of nitrogens with two attached hydrogens (primary N) is 1. The molecule has 0 bridgehead atoms. The van der Waals surface area contributed by atoms with Crippen LogP contribution >= 0.6 is 0 Å². The van der Waals surface area contributed by atoms with Gasteiger partial charge in [-0.15, -0.1) is 0 Å². The summed E-state index contributed by atoms with van der Waals surface area (Å²) >= 11 is 0. The standard InChI is InChI=1S/C13H19NO3/c1-16-12-7-9-3-5-14-11(4-6-15)10(9)8-13(12)17-2/h7-8,11,14-15H,3-6H2,1-2H3/p+1/t11-/m1/s1. The van der Waals surface area contributed by atoms with Crippen LogP contribution in [0.5, 0.6) is 11.5 Å². The van der Waals surface area contributed by atoms with Crippen LogP contribution in [0.25, 0.3) is 0 Å². The predicted molar refractivity (Wildman–Crippen MR) is 64.5 cm³/mol. The van der Waals surface area contributed by atoms with Crippen LogP contribution in [-0.4, -0.2) is 32.5 Å². The molecule has 1 aliphatic rings. The van der Waals surface area contributed by atoms with Crippen molar-refractivity contribution in [1.82, 2.24) is 0 Å². The predicted octanol–water partition coefficient (Wildman–Crippen LogP) is 0.247. The maximum atomic E-state index is 9.10. The molecule has 17 heavy (non-hydrogen) atoms.